The standard InChI is InChI=1S/C16H16N4O4/c1-19-14(21)5-3-12(18-19)16(24)17-11-2-4-13-10(8-11)6-7-20(13)9-15(22)23/h2,4,6-8H,3,5,9H2,1H3,(H,17,24)(H,22,23). The quantitative estimate of drug-likeness (QED) is 0.882. The maximum atomic E-state index is 12.2. The number of carbonyl (C=O) groups is 3. The number of nitrogens with one attached hydrogen (secondary N) is 1. The van der Waals surface area contributed by atoms with Gasteiger partial charge in [0.05, 0.1) is 0 Å². The van der Waals surface area contributed by atoms with Crippen LogP contribution in [0.5, 0.6) is 0 Å². The number of carboxylic acid groups (broad SMARTS) is 1. The molecule has 1 aliphatic heterocycles. The molecule has 2 N–H and O–H groups in total. The van der Waals surface area contributed by atoms with E-state index >= 15 is 0 Å². The van der Waals surface area contributed by atoms with Gasteiger partial charge in [-0.05, 0) is 24.3 Å². The van der Waals surface area contributed by atoms with Crippen molar-refractivity contribution in [1.29, 1.82) is 0 Å². The highest BCUT2D eigenvalue weighted by Crippen LogP contribution is 2.21. The number of amides is 2. The third kappa shape index (κ3) is 3.12. The predicted molar refractivity (Wildman–Crippen MR) is 87.6 cm³/mol. The molecule has 0 spiro atoms. The van der Waals surface area contributed by atoms with E-state index in [2.05, 4.69) is 10.4 Å². The van der Waals surface area contributed by atoms with Crippen molar-refractivity contribution in [3.63, 3.8) is 0 Å². The van der Waals surface area contributed by atoms with Crippen LogP contribution in [0.25, 0.3) is 10.9 Å². The number of anilines is 1. The summed E-state index contributed by atoms with van der Waals surface area (Å²) in [6.07, 6.45) is 2.27. The van der Waals surface area contributed by atoms with Crippen molar-refractivity contribution in [2.24, 2.45) is 5.10 Å². The van der Waals surface area contributed by atoms with Gasteiger partial charge in [0.25, 0.3) is 5.91 Å². The second kappa shape index (κ2) is 6.15. The van der Waals surface area contributed by atoms with Gasteiger partial charge in [0.15, 0.2) is 0 Å². The Balaban J connectivity index is 1.78. The van der Waals surface area contributed by atoms with Gasteiger partial charge in [-0.3, -0.25) is 14.4 Å². The van der Waals surface area contributed by atoms with E-state index in [4.69, 9.17) is 5.11 Å². The molecule has 2 heterocycles. The molecule has 0 bridgehead atoms. The molecule has 0 fully saturated rings. The minimum absolute atomic E-state index is 0.118. The smallest absolute Gasteiger partial charge is 0.323 e. The number of hydrazone groups is 1. The lowest BCUT2D eigenvalue weighted by Crippen LogP contribution is -2.34. The zero-order valence-corrected chi connectivity index (χ0v) is 13.0. The number of hydrogen-bond donors (Lipinski definition) is 2. The first-order valence-electron chi connectivity index (χ1n) is 7.40. The van der Waals surface area contributed by atoms with Crippen molar-refractivity contribution < 1.29 is 19.5 Å². The summed E-state index contributed by atoms with van der Waals surface area (Å²) in [5.74, 6) is -1.38. The van der Waals surface area contributed by atoms with Crippen molar-refractivity contribution in [2.45, 2.75) is 19.4 Å². The van der Waals surface area contributed by atoms with Gasteiger partial charge in [-0.15, -0.1) is 0 Å². The van der Waals surface area contributed by atoms with Crippen LogP contribution in [0, 0.1) is 0 Å². The van der Waals surface area contributed by atoms with Crippen molar-refractivity contribution in [2.75, 3.05) is 12.4 Å². The molecule has 0 aliphatic carbocycles. The van der Waals surface area contributed by atoms with Crippen LogP contribution in [0.1, 0.15) is 12.8 Å². The second-order valence-electron chi connectivity index (χ2n) is 5.53. The molecule has 2 amide bonds. The Morgan fingerprint density at radius 3 is 2.79 bits per heavy atom. The summed E-state index contributed by atoms with van der Waals surface area (Å²) in [5, 5.41) is 17.6. The molecular formula is C16H16N4O4. The summed E-state index contributed by atoms with van der Waals surface area (Å²) in [4.78, 5) is 34.5. The molecular weight excluding hydrogens is 312 g/mol. The summed E-state index contributed by atoms with van der Waals surface area (Å²) < 4.78 is 1.62. The minimum Gasteiger partial charge on any atom is -0.480 e. The Hall–Kier alpha value is -3.16. The van der Waals surface area contributed by atoms with Crippen LogP contribution in [0.2, 0.25) is 0 Å². The van der Waals surface area contributed by atoms with Crippen LogP contribution in [0.4, 0.5) is 5.69 Å². The van der Waals surface area contributed by atoms with Crippen LogP contribution >= 0.6 is 0 Å². The van der Waals surface area contributed by atoms with E-state index in [-0.39, 0.29) is 24.8 Å². The number of aliphatic carboxylic acids is 1. The van der Waals surface area contributed by atoms with E-state index in [1.165, 1.54) is 12.1 Å². The van der Waals surface area contributed by atoms with Gasteiger partial charge in [0, 0.05) is 42.7 Å². The minimum atomic E-state index is -0.918. The topological polar surface area (TPSA) is 104 Å². The number of benzene rings is 1. The number of nitrogens with zero attached hydrogens (tertiary/aromatic N) is 3. The maximum Gasteiger partial charge on any atom is 0.323 e. The van der Waals surface area contributed by atoms with E-state index in [0.29, 0.717) is 17.8 Å². The lowest BCUT2D eigenvalue weighted by atomic mass is 10.1. The molecule has 8 heteroatoms. The largest absolute Gasteiger partial charge is 0.480 e. The highest BCUT2D eigenvalue weighted by Gasteiger charge is 2.22. The molecule has 124 valence electrons. The van der Waals surface area contributed by atoms with E-state index < -0.39 is 5.97 Å². The van der Waals surface area contributed by atoms with E-state index in [1.54, 1.807) is 35.0 Å². The Bertz CT molecular complexity index is 868. The molecule has 1 aromatic carbocycles. The fourth-order valence-electron chi connectivity index (χ4n) is 2.60. The first kappa shape index (κ1) is 15.7. The molecule has 2 aromatic rings. The van der Waals surface area contributed by atoms with Gasteiger partial charge >= 0.3 is 5.97 Å². The van der Waals surface area contributed by atoms with E-state index in [1.807, 2.05) is 0 Å². The molecule has 3 rings (SSSR count). The first-order chi connectivity index (χ1) is 11.4. The number of aromatic nitrogens is 1. The lowest BCUT2D eigenvalue weighted by Gasteiger charge is -2.18. The third-order valence-corrected chi connectivity index (χ3v) is 3.80. The van der Waals surface area contributed by atoms with Gasteiger partial charge in [-0.2, -0.15) is 5.10 Å². The summed E-state index contributed by atoms with van der Waals surface area (Å²) in [5.41, 5.74) is 1.67. The number of rotatable bonds is 4. The average Bonchev–Trinajstić information content (AvgIpc) is 2.91. The van der Waals surface area contributed by atoms with Crippen molar-refractivity contribution in [1.82, 2.24) is 9.58 Å². The summed E-state index contributed by atoms with van der Waals surface area (Å²) in [7, 11) is 1.52. The molecule has 0 radical (unpaired) electrons. The maximum absolute atomic E-state index is 12.2. The van der Waals surface area contributed by atoms with Crippen LogP contribution in [0.15, 0.2) is 35.6 Å². The summed E-state index contributed by atoms with van der Waals surface area (Å²) in [6, 6.07) is 7.02. The highest BCUT2D eigenvalue weighted by atomic mass is 16.4. The fourth-order valence-corrected chi connectivity index (χ4v) is 2.60. The molecule has 0 unspecified atom stereocenters. The van der Waals surface area contributed by atoms with Crippen molar-refractivity contribution >= 4 is 40.1 Å². The zero-order valence-electron chi connectivity index (χ0n) is 13.0. The van der Waals surface area contributed by atoms with Crippen LogP contribution in [-0.2, 0) is 20.9 Å². The molecule has 1 aromatic heterocycles. The fraction of sp³-hybridized carbons (Fsp3) is 0.250. The predicted octanol–water partition coefficient (Wildman–Crippen LogP) is 1.27. The number of fused-ring (bicyclic) bond motifs is 1. The van der Waals surface area contributed by atoms with E-state index in [9.17, 15) is 14.4 Å². The normalized spacial score (nSPS) is 14.6. The summed E-state index contributed by atoms with van der Waals surface area (Å²) in [6.45, 7) is -0.119. The molecule has 0 saturated carbocycles. The Labute approximate surface area is 137 Å². The van der Waals surface area contributed by atoms with Gasteiger partial charge in [-0.25, -0.2) is 5.01 Å². The Morgan fingerprint density at radius 2 is 2.08 bits per heavy atom. The highest BCUT2D eigenvalue weighted by molar-refractivity contribution is 6.43. The van der Waals surface area contributed by atoms with Gasteiger partial charge in [0.2, 0.25) is 5.91 Å². The first-order valence-corrected chi connectivity index (χ1v) is 7.40. The Morgan fingerprint density at radius 1 is 1.29 bits per heavy atom. The zero-order chi connectivity index (χ0) is 17.3. The van der Waals surface area contributed by atoms with Gasteiger partial charge < -0.3 is 15.0 Å². The van der Waals surface area contributed by atoms with E-state index in [0.717, 1.165) is 10.9 Å². The Kier molecular flexibility index (Phi) is 4.03. The van der Waals surface area contributed by atoms with Crippen LogP contribution in [0.3, 0.4) is 0 Å². The van der Waals surface area contributed by atoms with Gasteiger partial charge in [-0.1, -0.05) is 0 Å². The molecule has 0 atom stereocenters. The monoisotopic (exact) mass is 328 g/mol. The number of carboxylic acids is 1. The average molecular weight is 328 g/mol. The van der Waals surface area contributed by atoms with Crippen molar-refractivity contribution in [3.8, 4) is 0 Å². The van der Waals surface area contributed by atoms with Crippen molar-refractivity contribution in [3.05, 3.63) is 30.5 Å². The SMILES string of the molecule is CN1N=C(C(=O)Nc2ccc3c(ccn3CC(=O)O)c2)CCC1=O. The molecule has 24 heavy (non-hydrogen) atoms. The third-order valence-electron chi connectivity index (χ3n) is 3.80. The van der Waals surface area contributed by atoms with Gasteiger partial charge in [0.1, 0.15) is 12.3 Å². The van der Waals surface area contributed by atoms with Crippen LogP contribution in [-0.4, -0.2) is 45.2 Å². The lowest BCUT2D eigenvalue weighted by molar-refractivity contribution is -0.137. The molecule has 0 saturated heterocycles. The summed E-state index contributed by atoms with van der Waals surface area (Å²) >= 11 is 0. The number of carbonyl (C=O) groups excluding carboxylic acids is 2. The molecule has 1 aliphatic rings. The number of hydrogen-bond acceptors (Lipinski definition) is 4. The second-order valence-corrected chi connectivity index (χ2v) is 5.53. The molecule has 8 nitrogen and oxygen atoms in total. The van der Waals surface area contributed by atoms with Crippen LogP contribution < -0.4 is 5.32 Å².